The van der Waals surface area contributed by atoms with Gasteiger partial charge in [-0.05, 0) is 11.6 Å². The first-order valence-corrected chi connectivity index (χ1v) is 10.0. The number of methoxy groups -OCH3 is 1. The summed E-state index contributed by atoms with van der Waals surface area (Å²) in [5, 5.41) is 1.47. The molecule has 0 saturated heterocycles. The summed E-state index contributed by atoms with van der Waals surface area (Å²) in [6, 6.07) is 9.13. The van der Waals surface area contributed by atoms with Crippen LogP contribution in [0.25, 0.3) is 0 Å². The molecule has 2 aromatic carbocycles. The minimum absolute atomic E-state index is 0.0382. The summed E-state index contributed by atoms with van der Waals surface area (Å²) in [5.41, 5.74) is 1.34. The molecule has 0 saturated carbocycles. The zero-order valence-corrected chi connectivity index (χ0v) is 17.8. The van der Waals surface area contributed by atoms with Crippen LogP contribution in [0.2, 0.25) is 5.02 Å². The minimum atomic E-state index is -4.86. The third kappa shape index (κ3) is 5.75. The van der Waals surface area contributed by atoms with Crippen LogP contribution < -0.4 is 14.5 Å². The first-order chi connectivity index (χ1) is 14.7. The standard InChI is InChI=1S/C19H16ClF3N2O5S/c1-27-18(26)25(28-2)15-6-4-3-5-11(15)10-31-16-9-29-17-13(20)7-12(8-14(17)24-16)30-19(21,22)23/h3-8H,9-10H2,1-2H3. The number of carbonyl (C=O) groups is 1. The number of anilines is 1. The third-order valence-corrected chi connectivity index (χ3v) is 5.22. The fourth-order valence-corrected chi connectivity index (χ4v) is 3.82. The number of thioether (sulfide) groups is 1. The molecule has 0 aliphatic carbocycles. The Morgan fingerprint density at radius 2 is 2.03 bits per heavy atom. The zero-order valence-electron chi connectivity index (χ0n) is 16.2. The van der Waals surface area contributed by atoms with Gasteiger partial charge in [0, 0.05) is 17.9 Å². The Morgan fingerprint density at radius 1 is 1.29 bits per heavy atom. The number of rotatable bonds is 5. The Hall–Kier alpha value is -2.63. The molecule has 1 amide bonds. The minimum Gasteiger partial charge on any atom is -0.483 e. The van der Waals surface area contributed by atoms with E-state index in [9.17, 15) is 18.0 Å². The molecule has 0 unspecified atom stereocenters. The van der Waals surface area contributed by atoms with Gasteiger partial charge in [-0.25, -0.2) is 9.79 Å². The van der Waals surface area contributed by atoms with E-state index in [0.29, 0.717) is 16.5 Å². The van der Waals surface area contributed by atoms with Crippen molar-refractivity contribution in [2.45, 2.75) is 12.1 Å². The number of carbonyl (C=O) groups excluding carboxylic acids is 1. The Bertz CT molecular complexity index is 1000. The Labute approximate surface area is 184 Å². The predicted octanol–water partition coefficient (Wildman–Crippen LogP) is 5.73. The molecule has 0 radical (unpaired) electrons. The van der Waals surface area contributed by atoms with Crippen molar-refractivity contribution in [3.05, 3.63) is 47.0 Å². The zero-order chi connectivity index (χ0) is 22.6. The predicted molar refractivity (Wildman–Crippen MR) is 110 cm³/mol. The fraction of sp³-hybridized carbons (Fsp3) is 0.263. The molecule has 1 aliphatic rings. The number of benzene rings is 2. The van der Waals surface area contributed by atoms with E-state index in [-0.39, 0.29) is 23.1 Å². The maximum atomic E-state index is 12.5. The molecule has 0 atom stereocenters. The lowest BCUT2D eigenvalue weighted by atomic mass is 10.2. The summed E-state index contributed by atoms with van der Waals surface area (Å²) in [6.45, 7) is 0.0873. The molecule has 0 bridgehead atoms. The van der Waals surface area contributed by atoms with Gasteiger partial charge < -0.3 is 14.2 Å². The van der Waals surface area contributed by atoms with Crippen molar-refractivity contribution < 1.29 is 37.0 Å². The first kappa shape index (κ1) is 23.0. The molecular weight excluding hydrogens is 461 g/mol. The number of amides is 1. The van der Waals surface area contributed by atoms with Gasteiger partial charge in [0.05, 0.1) is 24.9 Å². The first-order valence-electron chi connectivity index (χ1n) is 8.64. The Kier molecular flexibility index (Phi) is 7.19. The highest BCUT2D eigenvalue weighted by Crippen LogP contribution is 2.43. The van der Waals surface area contributed by atoms with E-state index in [1.165, 1.54) is 26.0 Å². The van der Waals surface area contributed by atoms with Crippen LogP contribution in [0, 0.1) is 0 Å². The van der Waals surface area contributed by atoms with Crippen molar-refractivity contribution in [2.24, 2.45) is 4.99 Å². The van der Waals surface area contributed by atoms with E-state index in [0.717, 1.165) is 22.8 Å². The molecule has 1 heterocycles. The topological polar surface area (TPSA) is 69.6 Å². The molecule has 3 rings (SSSR count). The molecule has 1 aliphatic heterocycles. The van der Waals surface area contributed by atoms with Gasteiger partial charge in [-0.15, -0.1) is 24.9 Å². The average Bonchev–Trinajstić information content (AvgIpc) is 2.72. The Balaban J connectivity index is 1.81. The van der Waals surface area contributed by atoms with Gasteiger partial charge >= 0.3 is 12.5 Å². The smallest absolute Gasteiger partial charge is 0.483 e. The van der Waals surface area contributed by atoms with Crippen LogP contribution in [0.15, 0.2) is 41.4 Å². The van der Waals surface area contributed by atoms with E-state index in [1.807, 2.05) is 0 Å². The molecule has 7 nitrogen and oxygen atoms in total. The van der Waals surface area contributed by atoms with E-state index < -0.39 is 18.2 Å². The van der Waals surface area contributed by atoms with Crippen LogP contribution in [0.4, 0.5) is 29.3 Å². The second-order valence-electron chi connectivity index (χ2n) is 5.96. The summed E-state index contributed by atoms with van der Waals surface area (Å²) in [7, 11) is 2.57. The normalized spacial score (nSPS) is 13.0. The molecule has 166 valence electrons. The van der Waals surface area contributed by atoms with Gasteiger partial charge in [0.2, 0.25) is 0 Å². The monoisotopic (exact) mass is 476 g/mol. The maximum absolute atomic E-state index is 12.5. The number of ether oxygens (including phenoxy) is 3. The van der Waals surface area contributed by atoms with Gasteiger partial charge in [-0.1, -0.05) is 29.8 Å². The molecule has 0 spiro atoms. The van der Waals surface area contributed by atoms with Crippen LogP contribution in [-0.4, -0.2) is 38.3 Å². The van der Waals surface area contributed by atoms with Crippen LogP contribution in [0.1, 0.15) is 5.56 Å². The summed E-state index contributed by atoms with van der Waals surface area (Å²) in [4.78, 5) is 21.4. The van der Waals surface area contributed by atoms with Crippen LogP contribution in [0.3, 0.4) is 0 Å². The molecule has 0 N–H and O–H groups in total. The maximum Gasteiger partial charge on any atom is 0.573 e. The summed E-state index contributed by atoms with van der Waals surface area (Å²) in [5.74, 6) is 0.0583. The number of para-hydroxylation sites is 1. The second-order valence-corrected chi connectivity index (χ2v) is 7.42. The number of hydrogen-bond donors (Lipinski definition) is 0. The molecule has 0 fully saturated rings. The lowest BCUT2D eigenvalue weighted by molar-refractivity contribution is -0.274. The highest BCUT2D eigenvalue weighted by atomic mass is 35.5. The molecular formula is C19H16ClF3N2O5S. The van der Waals surface area contributed by atoms with Crippen molar-refractivity contribution in [3.8, 4) is 11.5 Å². The average molecular weight is 477 g/mol. The quantitative estimate of drug-likeness (QED) is 0.513. The van der Waals surface area contributed by atoms with E-state index >= 15 is 0 Å². The summed E-state index contributed by atoms with van der Waals surface area (Å²) < 4.78 is 51.8. The lowest BCUT2D eigenvalue weighted by Gasteiger charge is -2.22. The summed E-state index contributed by atoms with van der Waals surface area (Å²) >= 11 is 7.29. The van der Waals surface area contributed by atoms with Gasteiger partial charge in [-0.2, -0.15) is 5.06 Å². The van der Waals surface area contributed by atoms with Crippen molar-refractivity contribution in [3.63, 3.8) is 0 Å². The number of fused-ring (bicyclic) bond motifs is 1. The highest BCUT2D eigenvalue weighted by Gasteiger charge is 2.32. The number of hydrogen-bond acceptors (Lipinski definition) is 7. The van der Waals surface area contributed by atoms with Crippen molar-refractivity contribution >= 4 is 45.9 Å². The van der Waals surface area contributed by atoms with Crippen LogP contribution in [-0.2, 0) is 15.3 Å². The van der Waals surface area contributed by atoms with E-state index in [1.54, 1.807) is 24.3 Å². The third-order valence-electron chi connectivity index (χ3n) is 3.94. The summed E-state index contributed by atoms with van der Waals surface area (Å²) in [6.07, 6.45) is -5.55. The van der Waals surface area contributed by atoms with E-state index in [4.69, 9.17) is 25.9 Å². The van der Waals surface area contributed by atoms with E-state index in [2.05, 4.69) is 9.73 Å². The molecule has 0 aromatic heterocycles. The largest absolute Gasteiger partial charge is 0.573 e. The van der Waals surface area contributed by atoms with Crippen molar-refractivity contribution in [2.75, 3.05) is 25.9 Å². The van der Waals surface area contributed by atoms with Gasteiger partial charge in [0.15, 0.2) is 5.75 Å². The Morgan fingerprint density at radius 3 is 2.71 bits per heavy atom. The number of halogens is 4. The number of hydroxylamine groups is 1. The highest BCUT2D eigenvalue weighted by molar-refractivity contribution is 8.13. The van der Waals surface area contributed by atoms with Crippen LogP contribution >= 0.6 is 23.4 Å². The van der Waals surface area contributed by atoms with Crippen molar-refractivity contribution in [1.29, 1.82) is 0 Å². The second kappa shape index (κ2) is 9.67. The molecule has 12 heteroatoms. The molecule has 2 aromatic rings. The number of alkyl halides is 3. The van der Waals surface area contributed by atoms with Gasteiger partial charge in [0.1, 0.15) is 23.1 Å². The van der Waals surface area contributed by atoms with Crippen molar-refractivity contribution in [1.82, 2.24) is 0 Å². The lowest BCUT2D eigenvalue weighted by Crippen LogP contribution is -2.30. The number of nitrogens with zero attached hydrogens (tertiary/aromatic N) is 2. The SMILES string of the molecule is COC(=O)N(OC)c1ccccc1CSC1=Nc2cc(OC(F)(F)F)cc(Cl)c2OC1. The van der Waals surface area contributed by atoms with Gasteiger partial charge in [0.25, 0.3) is 0 Å². The number of aliphatic imine (C=N–C) groups is 1. The molecule has 31 heavy (non-hydrogen) atoms. The van der Waals surface area contributed by atoms with Crippen LogP contribution in [0.5, 0.6) is 11.5 Å². The fourth-order valence-electron chi connectivity index (χ4n) is 2.69. The van der Waals surface area contributed by atoms with Gasteiger partial charge in [-0.3, -0.25) is 4.84 Å².